The first-order valence-corrected chi connectivity index (χ1v) is 8.93. The topological polar surface area (TPSA) is 104 Å². The SMILES string of the molecule is CC(O[N+](=O)[O-])c1ccn(C2c3cc(C(F)(F)F)ccc3OC(C)(C)C2O)c(=O)c1. The van der Waals surface area contributed by atoms with E-state index < -0.39 is 46.2 Å². The molecule has 3 atom stereocenters. The number of rotatable bonds is 4. The molecule has 30 heavy (non-hydrogen) atoms. The number of aliphatic hydroxyl groups excluding tert-OH is 1. The van der Waals surface area contributed by atoms with Gasteiger partial charge in [-0.2, -0.15) is 13.2 Å². The molecule has 0 saturated carbocycles. The minimum atomic E-state index is -4.62. The van der Waals surface area contributed by atoms with Crippen LogP contribution in [0.5, 0.6) is 5.75 Å². The summed E-state index contributed by atoms with van der Waals surface area (Å²) in [7, 11) is 0. The molecule has 1 N–H and O–H groups in total. The fourth-order valence-corrected chi connectivity index (χ4v) is 3.42. The molecule has 0 saturated heterocycles. The van der Waals surface area contributed by atoms with Crippen LogP contribution in [0.4, 0.5) is 13.2 Å². The van der Waals surface area contributed by atoms with Crippen LogP contribution in [0.1, 0.15) is 49.6 Å². The molecular formula is C19H19F3N2O6. The van der Waals surface area contributed by atoms with Crippen molar-refractivity contribution in [3.05, 3.63) is 73.7 Å². The molecule has 8 nitrogen and oxygen atoms in total. The van der Waals surface area contributed by atoms with E-state index in [0.29, 0.717) is 0 Å². The second kappa shape index (κ2) is 7.31. The number of ether oxygens (including phenoxy) is 1. The molecular weight excluding hydrogens is 409 g/mol. The Hall–Kier alpha value is -3.08. The summed E-state index contributed by atoms with van der Waals surface area (Å²) in [6.07, 6.45) is -5.75. The second-order valence-electron chi connectivity index (χ2n) is 7.52. The first-order chi connectivity index (χ1) is 13.8. The molecule has 0 radical (unpaired) electrons. The number of halogens is 3. The molecule has 162 valence electrons. The number of aliphatic hydroxyl groups is 1. The molecule has 0 spiro atoms. The lowest BCUT2D eigenvalue weighted by molar-refractivity contribution is -0.770. The van der Waals surface area contributed by atoms with Crippen LogP contribution in [0.15, 0.2) is 41.3 Å². The first-order valence-electron chi connectivity index (χ1n) is 8.93. The largest absolute Gasteiger partial charge is 0.485 e. The molecule has 1 aliphatic rings. The monoisotopic (exact) mass is 428 g/mol. The van der Waals surface area contributed by atoms with Crippen LogP contribution in [0.25, 0.3) is 0 Å². The summed E-state index contributed by atoms with van der Waals surface area (Å²) < 4.78 is 46.4. The van der Waals surface area contributed by atoms with Crippen molar-refractivity contribution in [1.29, 1.82) is 0 Å². The van der Waals surface area contributed by atoms with Crippen molar-refractivity contribution in [2.75, 3.05) is 0 Å². The Labute approximate surface area is 168 Å². The van der Waals surface area contributed by atoms with Crippen LogP contribution < -0.4 is 10.3 Å². The van der Waals surface area contributed by atoms with Gasteiger partial charge in [-0.05, 0) is 50.6 Å². The zero-order chi connectivity index (χ0) is 22.4. The van der Waals surface area contributed by atoms with Gasteiger partial charge < -0.3 is 19.2 Å². The summed E-state index contributed by atoms with van der Waals surface area (Å²) in [5, 5.41) is 20.4. The van der Waals surface area contributed by atoms with Gasteiger partial charge in [-0.1, -0.05) is 0 Å². The number of pyridine rings is 1. The fourth-order valence-electron chi connectivity index (χ4n) is 3.42. The van der Waals surface area contributed by atoms with Crippen molar-refractivity contribution in [2.45, 2.75) is 50.8 Å². The quantitative estimate of drug-likeness (QED) is 0.592. The Morgan fingerprint density at radius 1 is 1.30 bits per heavy atom. The normalized spacial score (nSPS) is 21.3. The van der Waals surface area contributed by atoms with E-state index in [1.54, 1.807) is 13.8 Å². The number of fused-ring (bicyclic) bond motifs is 1. The average molecular weight is 428 g/mol. The lowest BCUT2D eigenvalue weighted by Gasteiger charge is -2.42. The lowest BCUT2D eigenvalue weighted by Crippen LogP contribution is -2.52. The summed E-state index contributed by atoms with van der Waals surface area (Å²) >= 11 is 0. The highest BCUT2D eigenvalue weighted by molar-refractivity contribution is 5.44. The Bertz CT molecular complexity index is 1030. The smallest absolute Gasteiger partial charge is 0.416 e. The first kappa shape index (κ1) is 21.6. The number of nitrogens with zero attached hydrogens (tertiary/aromatic N) is 2. The molecule has 1 aromatic carbocycles. The van der Waals surface area contributed by atoms with E-state index in [9.17, 15) is 33.2 Å². The van der Waals surface area contributed by atoms with E-state index in [-0.39, 0.29) is 16.9 Å². The van der Waals surface area contributed by atoms with E-state index >= 15 is 0 Å². The van der Waals surface area contributed by atoms with Crippen molar-refractivity contribution in [3.63, 3.8) is 0 Å². The zero-order valence-corrected chi connectivity index (χ0v) is 16.2. The lowest BCUT2D eigenvalue weighted by atomic mass is 9.85. The fraction of sp³-hybridized carbons (Fsp3) is 0.421. The van der Waals surface area contributed by atoms with E-state index in [1.165, 1.54) is 19.2 Å². The third-order valence-electron chi connectivity index (χ3n) is 5.03. The predicted molar refractivity (Wildman–Crippen MR) is 97.5 cm³/mol. The van der Waals surface area contributed by atoms with E-state index in [1.807, 2.05) is 0 Å². The highest BCUT2D eigenvalue weighted by Gasteiger charge is 2.45. The standard InChI is InChI=1S/C19H19F3N2O6/c1-10(30-24(27)28)11-6-7-23(15(25)8-11)16-13-9-12(19(20,21)22)4-5-14(13)29-18(2,3)17(16)26/h4-10,16-17,26H,1-3H3. The molecule has 0 aliphatic carbocycles. The van der Waals surface area contributed by atoms with Gasteiger partial charge in [0.15, 0.2) is 0 Å². The van der Waals surface area contributed by atoms with Gasteiger partial charge in [0.1, 0.15) is 23.6 Å². The zero-order valence-electron chi connectivity index (χ0n) is 16.2. The van der Waals surface area contributed by atoms with Crippen LogP contribution in [0.2, 0.25) is 0 Å². The van der Waals surface area contributed by atoms with Crippen molar-refractivity contribution in [1.82, 2.24) is 4.57 Å². The Kier molecular flexibility index (Phi) is 5.27. The Morgan fingerprint density at radius 2 is 1.97 bits per heavy atom. The maximum Gasteiger partial charge on any atom is 0.416 e. The van der Waals surface area contributed by atoms with Crippen LogP contribution in [0.3, 0.4) is 0 Å². The Morgan fingerprint density at radius 3 is 2.53 bits per heavy atom. The van der Waals surface area contributed by atoms with Gasteiger partial charge in [-0.15, -0.1) is 10.1 Å². The van der Waals surface area contributed by atoms with Gasteiger partial charge in [0.05, 0.1) is 11.6 Å². The number of benzene rings is 1. The van der Waals surface area contributed by atoms with Gasteiger partial charge in [-0.3, -0.25) is 4.79 Å². The van der Waals surface area contributed by atoms with Crippen LogP contribution in [-0.2, 0) is 11.0 Å². The van der Waals surface area contributed by atoms with E-state index in [4.69, 9.17) is 4.74 Å². The molecule has 0 fully saturated rings. The number of aromatic nitrogens is 1. The number of hydrogen-bond acceptors (Lipinski definition) is 6. The van der Waals surface area contributed by atoms with Gasteiger partial charge in [0, 0.05) is 17.8 Å². The van der Waals surface area contributed by atoms with Gasteiger partial charge in [0.25, 0.3) is 10.6 Å². The third kappa shape index (κ3) is 3.97. The molecule has 3 unspecified atom stereocenters. The third-order valence-corrected chi connectivity index (χ3v) is 5.03. The van der Waals surface area contributed by atoms with Crippen molar-refractivity contribution in [2.24, 2.45) is 0 Å². The molecule has 0 amide bonds. The highest BCUT2D eigenvalue weighted by atomic mass is 19.4. The summed E-state index contributed by atoms with van der Waals surface area (Å²) in [5.41, 5.74) is -2.60. The maximum absolute atomic E-state index is 13.2. The minimum absolute atomic E-state index is 0.00101. The Balaban J connectivity index is 2.13. The van der Waals surface area contributed by atoms with Gasteiger partial charge in [-0.25, -0.2) is 0 Å². The molecule has 1 aromatic heterocycles. The second-order valence-corrected chi connectivity index (χ2v) is 7.52. The van der Waals surface area contributed by atoms with Crippen molar-refractivity contribution < 1.29 is 32.9 Å². The molecule has 3 rings (SSSR count). The number of hydrogen-bond donors (Lipinski definition) is 1. The summed E-state index contributed by atoms with van der Waals surface area (Å²) in [6.45, 7) is 4.48. The van der Waals surface area contributed by atoms with Gasteiger partial charge >= 0.3 is 6.18 Å². The number of alkyl halides is 3. The average Bonchev–Trinajstić information content (AvgIpc) is 2.61. The maximum atomic E-state index is 13.2. The van der Waals surface area contributed by atoms with Crippen molar-refractivity contribution >= 4 is 0 Å². The van der Waals surface area contributed by atoms with Crippen molar-refractivity contribution in [3.8, 4) is 5.75 Å². The summed E-state index contributed by atoms with van der Waals surface area (Å²) in [4.78, 5) is 27.7. The summed E-state index contributed by atoms with van der Waals surface area (Å²) in [5.74, 6) is 0.115. The van der Waals surface area contributed by atoms with E-state index in [2.05, 4.69) is 4.84 Å². The van der Waals surface area contributed by atoms with Crippen LogP contribution in [-0.4, -0.2) is 26.5 Å². The van der Waals surface area contributed by atoms with Gasteiger partial charge in [0.2, 0.25) is 0 Å². The van der Waals surface area contributed by atoms with Crippen LogP contribution in [0, 0.1) is 10.1 Å². The predicted octanol–water partition coefficient (Wildman–Crippen LogP) is 3.26. The summed E-state index contributed by atoms with van der Waals surface area (Å²) in [6, 6.07) is 4.16. The molecule has 2 heterocycles. The minimum Gasteiger partial charge on any atom is -0.485 e. The molecule has 2 aromatic rings. The van der Waals surface area contributed by atoms with E-state index in [0.717, 1.165) is 28.8 Å². The molecule has 11 heteroatoms. The highest BCUT2D eigenvalue weighted by Crippen LogP contribution is 2.43. The molecule has 1 aliphatic heterocycles. The van der Waals surface area contributed by atoms with Crippen LogP contribution >= 0.6 is 0 Å². The molecule has 0 bridgehead atoms.